The van der Waals surface area contributed by atoms with Gasteiger partial charge in [0.05, 0.1) is 18.4 Å². The van der Waals surface area contributed by atoms with Gasteiger partial charge in [0.25, 0.3) is 0 Å². The highest BCUT2D eigenvalue weighted by Crippen LogP contribution is 2.08. The molecule has 0 aliphatic carbocycles. The summed E-state index contributed by atoms with van der Waals surface area (Å²) in [6.07, 6.45) is 6.53. The van der Waals surface area contributed by atoms with Crippen molar-refractivity contribution >= 4 is 17.9 Å². The smallest absolute Gasteiger partial charge is 0.244 e. The van der Waals surface area contributed by atoms with Gasteiger partial charge in [-0.25, -0.2) is 4.68 Å². The predicted octanol–water partition coefficient (Wildman–Crippen LogP) is 1.09. The summed E-state index contributed by atoms with van der Waals surface area (Å²) in [5, 5.41) is 6.76. The molecule has 2 rings (SSSR count). The fourth-order valence-electron chi connectivity index (χ4n) is 1.70. The number of carbonyl (C=O) groups is 2. The van der Waals surface area contributed by atoms with Crippen LogP contribution < -0.4 is 5.32 Å². The Balaban J connectivity index is 1.92. The Kier molecular flexibility index (Phi) is 5.08. The number of para-hydroxylation sites is 1. The first-order valence-electron chi connectivity index (χ1n) is 6.82. The number of carbonyl (C=O) groups excluding carboxylic acids is 2. The fourth-order valence-corrected chi connectivity index (χ4v) is 1.70. The Bertz CT molecular complexity index is 674. The summed E-state index contributed by atoms with van der Waals surface area (Å²) in [6.45, 7) is -0.0144. The Labute approximate surface area is 129 Å². The molecule has 1 aromatic heterocycles. The number of benzene rings is 1. The van der Waals surface area contributed by atoms with Crippen LogP contribution in [-0.2, 0) is 9.59 Å². The van der Waals surface area contributed by atoms with Crippen molar-refractivity contribution in [1.82, 2.24) is 20.0 Å². The summed E-state index contributed by atoms with van der Waals surface area (Å²) >= 11 is 0. The SMILES string of the molecule is CN(C)C(=O)CNC(=O)/C=C/c1cnn(-c2ccccc2)c1. The highest BCUT2D eigenvalue weighted by molar-refractivity contribution is 5.94. The van der Waals surface area contributed by atoms with Crippen molar-refractivity contribution in [2.45, 2.75) is 0 Å². The molecule has 2 amide bonds. The molecule has 1 aromatic carbocycles. The lowest BCUT2D eigenvalue weighted by Gasteiger charge is -2.09. The topological polar surface area (TPSA) is 67.2 Å². The minimum absolute atomic E-state index is 0.0144. The van der Waals surface area contributed by atoms with E-state index in [1.807, 2.05) is 36.5 Å². The molecule has 6 heteroatoms. The van der Waals surface area contributed by atoms with Crippen molar-refractivity contribution in [1.29, 1.82) is 0 Å². The van der Waals surface area contributed by atoms with Crippen LogP contribution >= 0.6 is 0 Å². The number of nitrogens with one attached hydrogen (secondary N) is 1. The van der Waals surface area contributed by atoms with E-state index in [2.05, 4.69) is 10.4 Å². The summed E-state index contributed by atoms with van der Waals surface area (Å²) in [5.74, 6) is -0.471. The van der Waals surface area contributed by atoms with Crippen LogP contribution in [0, 0.1) is 0 Å². The van der Waals surface area contributed by atoms with Crippen LogP contribution in [0.25, 0.3) is 11.8 Å². The molecule has 1 N–H and O–H groups in total. The Morgan fingerprint density at radius 1 is 1.27 bits per heavy atom. The number of hydrogen-bond acceptors (Lipinski definition) is 3. The summed E-state index contributed by atoms with van der Waals surface area (Å²) in [7, 11) is 3.28. The molecule has 0 bridgehead atoms. The second kappa shape index (κ2) is 7.21. The van der Waals surface area contributed by atoms with E-state index in [0.717, 1.165) is 11.3 Å². The number of amides is 2. The highest BCUT2D eigenvalue weighted by atomic mass is 16.2. The number of nitrogens with zero attached hydrogens (tertiary/aromatic N) is 3. The minimum Gasteiger partial charge on any atom is -0.347 e. The summed E-state index contributed by atoms with van der Waals surface area (Å²) < 4.78 is 1.73. The third-order valence-electron chi connectivity index (χ3n) is 2.96. The molecule has 22 heavy (non-hydrogen) atoms. The second-order valence-electron chi connectivity index (χ2n) is 4.89. The van der Waals surface area contributed by atoms with E-state index in [1.165, 1.54) is 11.0 Å². The van der Waals surface area contributed by atoms with E-state index in [4.69, 9.17) is 0 Å². The predicted molar refractivity (Wildman–Crippen MR) is 84.3 cm³/mol. The van der Waals surface area contributed by atoms with Crippen molar-refractivity contribution in [3.63, 3.8) is 0 Å². The van der Waals surface area contributed by atoms with Crippen molar-refractivity contribution < 1.29 is 9.59 Å². The van der Waals surface area contributed by atoms with Gasteiger partial charge in [0.15, 0.2) is 0 Å². The van der Waals surface area contributed by atoms with E-state index < -0.39 is 0 Å². The van der Waals surface area contributed by atoms with E-state index in [-0.39, 0.29) is 18.4 Å². The molecule has 1 heterocycles. The summed E-state index contributed by atoms with van der Waals surface area (Å²) in [5.41, 5.74) is 1.75. The second-order valence-corrected chi connectivity index (χ2v) is 4.89. The van der Waals surface area contributed by atoms with Crippen molar-refractivity contribution in [3.8, 4) is 5.69 Å². The van der Waals surface area contributed by atoms with Crippen LogP contribution in [0.5, 0.6) is 0 Å². The number of aromatic nitrogens is 2. The monoisotopic (exact) mass is 298 g/mol. The third kappa shape index (κ3) is 4.31. The average molecular weight is 298 g/mol. The van der Waals surface area contributed by atoms with Gasteiger partial charge < -0.3 is 10.2 Å². The lowest BCUT2D eigenvalue weighted by Crippen LogP contribution is -2.35. The van der Waals surface area contributed by atoms with Crippen LogP contribution in [0.1, 0.15) is 5.56 Å². The fraction of sp³-hybridized carbons (Fsp3) is 0.188. The van der Waals surface area contributed by atoms with Gasteiger partial charge in [0.2, 0.25) is 11.8 Å². The maximum atomic E-state index is 11.6. The molecular formula is C16H18N4O2. The van der Waals surface area contributed by atoms with Gasteiger partial charge >= 0.3 is 0 Å². The molecular weight excluding hydrogens is 280 g/mol. The van der Waals surface area contributed by atoms with Gasteiger partial charge in [-0.15, -0.1) is 0 Å². The largest absolute Gasteiger partial charge is 0.347 e. The molecule has 0 aliphatic heterocycles. The molecule has 0 radical (unpaired) electrons. The van der Waals surface area contributed by atoms with E-state index in [1.54, 1.807) is 31.1 Å². The van der Waals surface area contributed by atoms with Gasteiger partial charge in [-0.3, -0.25) is 9.59 Å². The molecule has 0 spiro atoms. The molecule has 0 atom stereocenters. The first-order chi connectivity index (χ1) is 10.6. The highest BCUT2D eigenvalue weighted by Gasteiger charge is 2.04. The van der Waals surface area contributed by atoms with Crippen LogP contribution in [-0.4, -0.2) is 47.1 Å². The summed E-state index contributed by atoms with van der Waals surface area (Å²) in [6, 6.07) is 9.69. The lowest BCUT2D eigenvalue weighted by molar-refractivity contribution is -0.129. The number of rotatable bonds is 5. The molecule has 114 valence electrons. The van der Waals surface area contributed by atoms with Gasteiger partial charge in [-0.2, -0.15) is 5.10 Å². The van der Waals surface area contributed by atoms with Crippen molar-refractivity contribution in [2.75, 3.05) is 20.6 Å². The standard InChI is InChI=1S/C16H18N4O2/c1-19(2)16(22)11-17-15(21)9-8-13-10-18-20(12-13)14-6-4-3-5-7-14/h3-10,12H,11H2,1-2H3,(H,17,21)/b9-8+. The Hall–Kier alpha value is -2.89. The van der Waals surface area contributed by atoms with Gasteiger partial charge in [-0.05, 0) is 18.2 Å². The van der Waals surface area contributed by atoms with E-state index in [9.17, 15) is 9.59 Å². The zero-order chi connectivity index (χ0) is 15.9. The molecule has 0 saturated carbocycles. The molecule has 0 saturated heterocycles. The van der Waals surface area contributed by atoms with Crippen molar-refractivity contribution in [2.24, 2.45) is 0 Å². The molecule has 0 aliphatic rings. The van der Waals surface area contributed by atoms with Gasteiger partial charge in [-0.1, -0.05) is 18.2 Å². The average Bonchev–Trinajstić information content (AvgIpc) is 3.00. The maximum absolute atomic E-state index is 11.6. The van der Waals surface area contributed by atoms with Crippen LogP contribution in [0.2, 0.25) is 0 Å². The maximum Gasteiger partial charge on any atom is 0.244 e. The molecule has 2 aromatic rings. The molecule has 6 nitrogen and oxygen atoms in total. The third-order valence-corrected chi connectivity index (χ3v) is 2.96. The zero-order valence-electron chi connectivity index (χ0n) is 12.6. The van der Waals surface area contributed by atoms with E-state index >= 15 is 0 Å². The zero-order valence-corrected chi connectivity index (χ0v) is 12.6. The minimum atomic E-state index is -0.317. The van der Waals surface area contributed by atoms with Crippen LogP contribution in [0.3, 0.4) is 0 Å². The van der Waals surface area contributed by atoms with Crippen LogP contribution in [0.15, 0.2) is 48.8 Å². The molecule has 0 unspecified atom stereocenters. The number of likely N-dealkylation sites (N-methyl/N-ethyl adjacent to an activating group) is 1. The van der Waals surface area contributed by atoms with Crippen molar-refractivity contribution in [3.05, 3.63) is 54.4 Å². The lowest BCUT2D eigenvalue weighted by atomic mass is 10.3. The first kappa shape index (κ1) is 15.5. The van der Waals surface area contributed by atoms with Crippen LogP contribution in [0.4, 0.5) is 0 Å². The number of hydrogen-bond donors (Lipinski definition) is 1. The Morgan fingerprint density at radius 3 is 2.68 bits per heavy atom. The Morgan fingerprint density at radius 2 is 2.00 bits per heavy atom. The van der Waals surface area contributed by atoms with Gasteiger partial charge in [0.1, 0.15) is 0 Å². The molecule has 0 fully saturated rings. The first-order valence-corrected chi connectivity index (χ1v) is 6.82. The quantitative estimate of drug-likeness (QED) is 0.840. The van der Waals surface area contributed by atoms with E-state index in [0.29, 0.717) is 0 Å². The summed E-state index contributed by atoms with van der Waals surface area (Å²) in [4.78, 5) is 24.4. The normalized spacial score (nSPS) is 10.6. The van der Waals surface area contributed by atoms with Gasteiger partial charge in [0, 0.05) is 31.9 Å².